The van der Waals surface area contributed by atoms with Crippen molar-refractivity contribution < 1.29 is 17.9 Å². The number of halogens is 3. The fraction of sp³-hybridized carbons (Fsp3) is 0.0714. The molecule has 0 unspecified atom stereocenters. The predicted molar refractivity (Wildman–Crippen MR) is 70.2 cm³/mol. The number of alkyl halides is 2. The van der Waals surface area contributed by atoms with Gasteiger partial charge in [0.2, 0.25) is 5.95 Å². The number of nitriles is 1. The molecule has 1 aromatic carbocycles. The van der Waals surface area contributed by atoms with E-state index in [9.17, 15) is 13.2 Å². The molecular weight excluding hydrogens is 297 g/mol. The summed E-state index contributed by atoms with van der Waals surface area (Å²) in [4.78, 5) is 8.04. The molecule has 0 aliphatic rings. The smallest absolute Gasteiger partial charge is 0.387 e. The molecule has 22 heavy (non-hydrogen) atoms. The Hall–Kier alpha value is -3.08. The zero-order valence-electron chi connectivity index (χ0n) is 10.9. The summed E-state index contributed by atoms with van der Waals surface area (Å²) in [5.74, 6) is -1.36. The Morgan fingerprint density at radius 2 is 1.95 bits per heavy atom. The molecule has 0 amide bonds. The van der Waals surface area contributed by atoms with Gasteiger partial charge in [-0.15, -0.1) is 0 Å². The molecule has 0 saturated carbocycles. The molecule has 5 nitrogen and oxygen atoms in total. The molecule has 2 aromatic heterocycles. The number of aromatic nitrogens is 3. The van der Waals surface area contributed by atoms with Crippen LogP contribution in [-0.2, 0) is 0 Å². The first-order valence-corrected chi connectivity index (χ1v) is 6.07. The number of fused-ring (bicyclic) bond motifs is 1. The van der Waals surface area contributed by atoms with Crippen LogP contribution in [0, 0.1) is 17.1 Å². The molecule has 0 aliphatic carbocycles. The zero-order chi connectivity index (χ0) is 15.7. The van der Waals surface area contributed by atoms with Gasteiger partial charge in [0.15, 0.2) is 11.6 Å². The molecule has 0 bridgehead atoms. The highest BCUT2D eigenvalue weighted by atomic mass is 19.3. The first-order chi connectivity index (χ1) is 10.6. The van der Waals surface area contributed by atoms with Gasteiger partial charge >= 0.3 is 6.61 Å². The second-order valence-electron chi connectivity index (χ2n) is 4.25. The van der Waals surface area contributed by atoms with Gasteiger partial charge in [-0.05, 0) is 12.1 Å². The van der Waals surface area contributed by atoms with E-state index >= 15 is 0 Å². The van der Waals surface area contributed by atoms with Gasteiger partial charge in [-0.1, -0.05) is 0 Å². The minimum atomic E-state index is -3.15. The van der Waals surface area contributed by atoms with Gasteiger partial charge < -0.3 is 4.74 Å². The quantitative estimate of drug-likeness (QED) is 0.746. The Labute approximate surface area is 122 Å². The average molecular weight is 304 g/mol. The molecule has 2 heterocycles. The Morgan fingerprint density at radius 1 is 1.23 bits per heavy atom. The SMILES string of the molecule is N#Cc1cn(-c2ncccn2)c2cc(OC(F)F)c(F)cc12. The standard InChI is InChI=1S/C14H7F3N4O/c15-10-4-9-8(6-18)7-21(14-19-2-1-3-20-14)11(9)5-12(10)22-13(16)17/h1-5,7,13H. The van der Waals surface area contributed by atoms with Crippen molar-refractivity contribution in [3.05, 3.63) is 48.2 Å². The predicted octanol–water partition coefficient (Wildman–Crippen LogP) is 3.03. The van der Waals surface area contributed by atoms with Crippen LogP contribution in [0.5, 0.6) is 5.75 Å². The van der Waals surface area contributed by atoms with Crippen LogP contribution in [0.2, 0.25) is 0 Å². The number of benzene rings is 1. The molecule has 0 atom stereocenters. The van der Waals surface area contributed by atoms with E-state index in [0.717, 1.165) is 12.1 Å². The summed E-state index contributed by atoms with van der Waals surface area (Å²) >= 11 is 0. The van der Waals surface area contributed by atoms with Crippen LogP contribution in [0.3, 0.4) is 0 Å². The van der Waals surface area contributed by atoms with Gasteiger partial charge in [0, 0.05) is 30.0 Å². The van der Waals surface area contributed by atoms with Crippen molar-refractivity contribution in [3.63, 3.8) is 0 Å². The topological polar surface area (TPSA) is 63.7 Å². The van der Waals surface area contributed by atoms with Crippen molar-refractivity contribution in [2.24, 2.45) is 0 Å². The third-order valence-corrected chi connectivity index (χ3v) is 2.96. The molecule has 0 N–H and O–H groups in total. The van der Waals surface area contributed by atoms with Gasteiger partial charge in [0.25, 0.3) is 0 Å². The van der Waals surface area contributed by atoms with Gasteiger partial charge in [0.1, 0.15) is 6.07 Å². The minimum Gasteiger partial charge on any atom is -0.432 e. The zero-order valence-corrected chi connectivity index (χ0v) is 10.9. The lowest BCUT2D eigenvalue weighted by molar-refractivity contribution is -0.0520. The van der Waals surface area contributed by atoms with Crippen molar-refractivity contribution in [1.82, 2.24) is 14.5 Å². The van der Waals surface area contributed by atoms with E-state index in [4.69, 9.17) is 5.26 Å². The lowest BCUT2D eigenvalue weighted by atomic mass is 10.2. The fourth-order valence-corrected chi connectivity index (χ4v) is 2.08. The summed E-state index contributed by atoms with van der Waals surface area (Å²) in [7, 11) is 0. The largest absolute Gasteiger partial charge is 0.432 e. The van der Waals surface area contributed by atoms with E-state index < -0.39 is 18.2 Å². The highest BCUT2D eigenvalue weighted by molar-refractivity contribution is 5.88. The van der Waals surface area contributed by atoms with Crippen LogP contribution in [0.25, 0.3) is 16.9 Å². The van der Waals surface area contributed by atoms with E-state index in [1.165, 1.54) is 23.2 Å². The first-order valence-electron chi connectivity index (χ1n) is 6.07. The van der Waals surface area contributed by atoms with Crippen LogP contribution in [0.1, 0.15) is 5.56 Å². The Morgan fingerprint density at radius 3 is 2.59 bits per heavy atom. The maximum Gasteiger partial charge on any atom is 0.387 e. The van der Waals surface area contributed by atoms with Crippen molar-refractivity contribution in [1.29, 1.82) is 5.26 Å². The van der Waals surface area contributed by atoms with Crippen LogP contribution in [-0.4, -0.2) is 21.1 Å². The van der Waals surface area contributed by atoms with Gasteiger partial charge in [-0.2, -0.15) is 14.0 Å². The number of nitrogens with zero attached hydrogens (tertiary/aromatic N) is 4. The normalized spacial score (nSPS) is 10.9. The maximum absolute atomic E-state index is 13.8. The summed E-state index contributed by atoms with van der Waals surface area (Å²) in [6.45, 7) is -3.15. The van der Waals surface area contributed by atoms with Crippen LogP contribution >= 0.6 is 0 Å². The summed E-state index contributed by atoms with van der Waals surface area (Å²) in [6, 6.07) is 5.59. The van der Waals surface area contributed by atoms with Crippen molar-refractivity contribution in [2.75, 3.05) is 0 Å². The lowest BCUT2D eigenvalue weighted by Gasteiger charge is -2.07. The van der Waals surface area contributed by atoms with Gasteiger partial charge in [0.05, 0.1) is 11.1 Å². The van der Waals surface area contributed by atoms with Crippen LogP contribution < -0.4 is 4.74 Å². The van der Waals surface area contributed by atoms with Crippen molar-refractivity contribution >= 4 is 10.9 Å². The summed E-state index contributed by atoms with van der Waals surface area (Å²) in [5.41, 5.74) is 0.463. The van der Waals surface area contributed by atoms with Crippen LogP contribution in [0.15, 0.2) is 36.8 Å². The number of rotatable bonds is 3. The van der Waals surface area contributed by atoms with E-state index in [0.29, 0.717) is 5.52 Å². The number of hydrogen-bond donors (Lipinski definition) is 0. The number of ether oxygens (including phenoxy) is 1. The molecule has 0 radical (unpaired) electrons. The molecule has 0 fully saturated rings. The molecule has 110 valence electrons. The van der Waals surface area contributed by atoms with E-state index in [-0.39, 0.29) is 16.9 Å². The van der Waals surface area contributed by atoms with Gasteiger partial charge in [-0.3, -0.25) is 4.57 Å². The Bertz CT molecular complexity index is 871. The highest BCUT2D eigenvalue weighted by Crippen LogP contribution is 2.30. The molecule has 3 rings (SSSR count). The maximum atomic E-state index is 13.8. The summed E-state index contributed by atoms with van der Waals surface area (Å²) in [6.07, 6.45) is 4.38. The monoisotopic (exact) mass is 304 g/mol. The molecule has 0 aliphatic heterocycles. The van der Waals surface area contributed by atoms with E-state index in [1.807, 2.05) is 6.07 Å². The lowest BCUT2D eigenvalue weighted by Crippen LogP contribution is -2.04. The average Bonchev–Trinajstić information content (AvgIpc) is 2.86. The molecule has 8 heteroatoms. The molecule has 0 spiro atoms. The second kappa shape index (κ2) is 5.37. The highest BCUT2D eigenvalue weighted by Gasteiger charge is 2.17. The third-order valence-electron chi connectivity index (χ3n) is 2.96. The van der Waals surface area contributed by atoms with Crippen molar-refractivity contribution in [3.8, 4) is 17.8 Å². The van der Waals surface area contributed by atoms with Gasteiger partial charge in [-0.25, -0.2) is 14.4 Å². The molecular formula is C14H7F3N4O. The van der Waals surface area contributed by atoms with E-state index in [2.05, 4.69) is 14.7 Å². The first kappa shape index (κ1) is 13.9. The van der Waals surface area contributed by atoms with Crippen molar-refractivity contribution in [2.45, 2.75) is 6.61 Å². The number of hydrogen-bond acceptors (Lipinski definition) is 4. The Kier molecular flexibility index (Phi) is 3.39. The fourth-order valence-electron chi connectivity index (χ4n) is 2.08. The second-order valence-corrected chi connectivity index (χ2v) is 4.25. The minimum absolute atomic E-state index is 0.171. The molecule has 3 aromatic rings. The van der Waals surface area contributed by atoms with E-state index in [1.54, 1.807) is 6.07 Å². The third kappa shape index (κ3) is 2.33. The van der Waals surface area contributed by atoms with Crippen LogP contribution in [0.4, 0.5) is 13.2 Å². The Balaban J connectivity index is 2.27. The molecule has 0 saturated heterocycles. The summed E-state index contributed by atoms with van der Waals surface area (Å²) < 4.78 is 44.0. The summed E-state index contributed by atoms with van der Waals surface area (Å²) in [5, 5.41) is 9.38.